The van der Waals surface area contributed by atoms with Crippen LogP contribution in [0.1, 0.15) is 77.6 Å². The van der Waals surface area contributed by atoms with Crippen molar-refractivity contribution in [1.82, 2.24) is 5.32 Å². The van der Waals surface area contributed by atoms with Gasteiger partial charge in [0, 0.05) is 12.8 Å². The molecule has 0 radical (unpaired) electrons. The van der Waals surface area contributed by atoms with Crippen molar-refractivity contribution in [1.29, 1.82) is 0 Å². The first kappa shape index (κ1) is 19.6. The number of carbonyl (C=O) groups is 3. The van der Waals surface area contributed by atoms with Gasteiger partial charge in [-0.3, -0.25) is 4.79 Å². The number of rotatable bonds is 14. The van der Waals surface area contributed by atoms with E-state index >= 15 is 0 Å². The van der Waals surface area contributed by atoms with Gasteiger partial charge in [0.15, 0.2) is 0 Å². The lowest BCUT2D eigenvalue weighted by Crippen LogP contribution is -2.40. The van der Waals surface area contributed by atoms with Crippen LogP contribution in [0.25, 0.3) is 0 Å². The second-order valence-electron chi connectivity index (χ2n) is 5.43. The molecule has 0 aromatic rings. The Balaban J connectivity index is 3.63. The van der Waals surface area contributed by atoms with Crippen molar-refractivity contribution >= 4 is 18.2 Å². The van der Waals surface area contributed by atoms with Crippen molar-refractivity contribution in [3.05, 3.63) is 0 Å². The van der Waals surface area contributed by atoms with Gasteiger partial charge in [0.1, 0.15) is 12.3 Å². The van der Waals surface area contributed by atoms with Gasteiger partial charge in [0.2, 0.25) is 5.91 Å². The Morgan fingerprint density at radius 1 is 1.05 bits per heavy atom. The molecular formula is C16H29NO4. The Morgan fingerprint density at radius 2 is 1.62 bits per heavy atom. The molecule has 0 aliphatic rings. The molecule has 0 saturated carbocycles. The lowest BCUT2D eigenvalue weighted by molar-refractivity contribution is -0.142. The van der Waals surface area contributed by atoms with E-state index < -0.39 is 12.0 Å². The predicted molar refractivity (Wildman–Crippen MR) is 82.1 cm³/mol. The molecule has 0 rings (SSSR count). The van der Waals surface area contributed by atoms with Gasteiger partial charge >= 0.3 is 5.97 Å². The summed E-state index contributed by atoms with van der Waals surface area (Å²) in [5, 5.41) is 11.4. The second kappa shape index (κ2) is 13.6. The zero-order valence-electron chi connectivity index (χ0n) is 13.1. The molecule has 1 unspecified atom stereocenters. The van der Waals surface area contributed by atoms with Crippen LogP contribution in [0.5, 0.6) is 0 Å². The van der Waals surface area contributed by atoms with Crippen LogP contribution in [0.2, 0.25) is 0 Å². The molecule has 0 saturated heterocycles. The van der Waals surface area contributed by atoms with Crippen LogP contribution >= 0.6 is 0 Å². The minimum Gasteiger partial charge on any atom is -0.480 e. The van der Waals surface area contributed by atoms with Crippen molar-refractivity contribution in [2.45, 2.75) is 83.6 Å². The zero-order valence-corrected chi connectivity index (χ0v) is 13.1. The number of nitrogens with one attached hydrogen (secondary N) is 1. The van der Waals surface area contributed by atoms with Crippen molar-refractivity contribution in [3.8, 4) is 0 Å². The molecule has 1 atom stereocenters. The lowest BCUT2D eigenvalue weighted by Gasteiger charge is -2.13. The van der Waals surface area contributed by atoms with E-state index in [-0.39, 0.29) is 18.7 Å². The van der Waals surface area contributed by atoms with E-state index in [1.807, 2.05) is 0 Å². The van der Waals surface area contributed by atoms with Crippen molar-refractivity contribution in [2.75, 3.05) is 0 Å². The van der Waals surface area contributed by atoms with Crippen LogP contribution in [-0.2, 0) is 14.4 Å². The number of carboxylic acid groups (broad SMARTS) is 1. The maximum Gasteiger partial charge on any atom is 0.326 e. The van der Waals surface area contributed by atoms with Gasteiger partial charge in [-0.15, -0.1) is 0 Å². The zero-order chi connectivity index (χ0) is 15.9. The summed E-state index contributed by atoms with van der Waals surface area (Å²) in [6.45, 7) is 2.19. The molecule has 5 nitrogen and oxygen atoms in total. The number of aldehydes is 1. The molecule has 0 bridgehead atoms. The molecule has 1 amide bonds. The summed E-state index contributed by atoms with van der Waals surface area (Å²) in [5.74, 6) is -1.32. The first-order valence-corrected chi connectivity index (χ1v) is 8.07. The summed E-state index contributed by atoms with van der Waals surface area (Å²) in [4.78, 5) is 32.8. The van der Waals surface area contributed by atoms with Crippen LogP contribution in [0.15, 0.2) is 0 Å². The van der Waals surface area contributed by atoms with Gasteiger partial charge in [0.05, 0.1) is 0 Å². The third-order valence-electron chi connectivity index (χ3n) is 3.46. The summed E-state index contributed by atoms with van der Waals surface area (Å²) in [5.41, 5.74) is 0. The number of carbonyl (C=O) groups excluding carboxylic acids is 2. The minimum absolute atomic E-state index is 0.148. The number of aliphatic carboxylic acids is 1. The summed E-state index contributed by atoms with van der Waals surface area (Å²) in [6, 6.07) is -0.947. The monoisotopic (exact) mass is 299 g/mol. The third kappa shape index (κ3) is 12.1. The normalized spacial score (nSPS) is 11.9. The maximum absolute atomic E-state index is 11.6. The average molecular weight is 299 g/mol. The quantitative estimate of drug-likeness (QED) is 0.381. The fourth-order valence-electron chi connectivity index (χ4n) is 2.18. The first-order valence-electron chi connectivity index (χ1n) is 8.07. The number of unbranched alkanes of at least 4 members (excludes halogenated alkanes) is 7. The Morgan fingerprint density at radius 3 is 2.14 bits per heavy atom. The standard InChI is InChI=1S/C16H29NO4/c1-2-3-4-5-6-7-8-9-12-15(19)17-14(16(20)21)11-10-13-18/h13-14H,2-12H2,1H3,(H,17,19)(H,20,21). The topological polar surface area (TPSA) is 83.5 Å². The summed E-state index contributed by atoms with van der Waals surface area (Å²) < 4.78 is 0. The highest BCUT2D eigenvalue weighted by molar-refractivity contribution is 5.83. The van der Waals surface area contributed by atoms with Crippen LogP contribution in [0.4, 0.5) is 0 Å². The fourth-order valence-corrected chi connectivity index (χ4v) is 2.18. The summed E-state index contributed by atoms with van der Waals surface area (Å²) in [6.07, 6.45) is 10.5. The highest BCUT2D eigenvalue weighted by atomic mass is 16.4. The van der Waals surface area contributed by atoms with Crippen LogP contribution in [-0.4, -0.2) is 29.3 Å². The van der Waals surface area contributed by atoms with Crippen LogP contribution in [0.3, 0.4) is 0 Å². The lowest BCUT2D eigenvalue weighted by atomic mass is 10.1. The number of hydrogen-bond donors (Lipinski definition) is 2. The van der Waals surface area contributed by atoms with Gasteiger partial charge in [-0.05, 0) is 12.8 Å². The van der Waals surface area contributed by atoms with E-state index in [0.717, 1.165) is 19.3 Å². The molecule has 0 aliphatic heterocycles. The smallest absolute Gasteiger partial charge is 0.326 e. The van der Waals surface area contributed by atoms with Gasteiger partial charge in [-0.2, -0.15) is 0 Å². The average Bonchev–Trinajstić information content (AvgIpc) is 2.46. The van der Waals surface area contributed by atoms with E-state index in [1.54, 1.807) is 0 Å². The summed E-state index contributed by atoms with van der Waals surface area (Å²) in [7, 11) is 0. The van der Waals surface area contributed by atoms with Gasteiger partial charge < -0.3 is 15.2 Å². The minimum atomic E-state index is -1.08. The van der Waals surface area contributed by atoms with Gasteiger partial charge in [-0.1, -0.05) is 51.9 Å². The van der Waals surface area contributed by atoms with E-state index in [9.17, 15) is 14.4 Å². The maximum atomic E-state index is 11.6. The van der Waals surface area contributed by atoms with E-state index in [1.165, 1.54) is 32.1 Å². The third-order valence-corrected chi connectivity index (χ3v) is 3.46. The Bertz CT molecular complexity index is 305. The number of amides is 1. The van der Waals surface area contributed by atoms with Crippen LogP contribution in [0, 0.1) is 0 Å². The Labute approximate surface area is 127 Å². The summed E-state index contributed by atoms with van der Waals surface area (Å²) >= 11 is 0. The highest BCUT2D eigenvalue weighted by Gasteiger charge is 2.18. The highest BCUT2D eigenvalue weighted by Crippen LogP contribution is 2.09. The molecule has 0 aromatic heterocycles. The molecule has 2 N–H and O–H groups in total. The first-order chi connectivity index (χ1) is 10.1. The Kier molecular flexibility index (Phi) is 12.7. The predicted octanol–water partition coefficient (Wildman–Crippen LogP) is 3.07. The molecular weight excluding hydrogens is 270 g/mol. The van der Waals surface area contributed by atoms with Crippen molar-refractivity contribution < 1.29 is 19.5 Å². The molecule has 0 aliphatic carbocycles. The Hall–Kier alpha value is -1.39. The van der Waals surface area contributed by atoms with E-state index in [2.05, 4.69) is 12.2 Å². The molecule has 5 heteroatoms. The van der Waals surface area contributed by atoms with Crippen LogP contribution < -0.4 is 5.32 Å². The number of hydrogen-bond acceptors (Lipinski definition) is 3. The SMILES string of the molecule is CCCCCCCCCCC(=O)NC(CCC=O)C(=O)O. The number of carboxylic acids is 1. The van der Waals surface area contributed by atoms with E-state index in [0.29, 0.717) is 12.7 Å². The van der Waals surface area contributed by atoms with Crippen molar-refractivity contribution in [2.24, 2.45) is 0 Å². The fraction of sp³-hybridized carbons (Fsp3) is 0.812. The molecule has 122 valence electrons. The molecule has 21 heavy (non-hydrogen) atoms. The van der Waals surface area contributed by atoms with Crippen molar-refractivity contribution in [3.63, 3.8) is 0 Å². The molecule has 0 fully saturated rings. The van der Waals surface area contributed by atoms with E-state index in [4.69, 9.17) is 5.11 Å². The van der Waals surface area contributed by atoms with Gasteiger partial charge in [-0.25, -0.2) is 4.79 Å². The molecule has 0 spiro atoms. The van der Waals surface area contributed by atoms with Gasteiger partial charge in [0.25, 0.3) is 0 Å². The largest absolute Gasteiger partial charge is 0.480 e. The molecule has 0 heterocycles. The molecule has 0 aromatic carbocycles. The second-order valence-corrected chi connectivity index (χ2v) is 5.43.